The lowest BCUT2D eigenvalue weighted by molar-refractivity contribution is -0.137. The van der Waals surface area contributed by atoms with Crippen LogP contribution in [0.3, 0.4) is 0 Å². The van der Waals surface area contributed by atoms with Crippen LogP contribution in [-0.2, 0) is 12.7 Å². The minimum Gasteiger partial charge on any atom is -0.384 e. The molecule has 2 aromatic heterocycles. The summed E-state index contributed by atoms with van der Waals surface area (Å²) >= 11 is 0. The van der Waals surface area contributed by atoms with Gasteiger partial charge in [-0.05, 0) is 31.2 Å². The fraction of sp³-hybridized carbons (Fsp3) is 0.286. The van der Waals surface area contributed by atoms with E-state index in [4.69, 9.17) is 5.73 Å². The summed E-state index contributed by atoms with van der Waals surface area (Å²) in [6, 6.07) is 7.30. The van der Waals surface area contributed by atoms with E-state index in [9.17, 15) is 13.2 Å². The zero-order valence-electron chi connectivity index (χ0n) is 11.6. The van der Waals surface area contributed by atoms with Crippen molar-refractivity contribution in [1.29, 1.82) is 0 Å². The van der Waals surface area contributed by atoms with Crippen molar-refractivity contribution in [3.63, 3.8) is 0 Å². The molecule has 0 spiro atoms. The van der Waals surface area contributed by atoms with Gasteiger partial charge in [-0.3, -0.25) is 4.98 Å². The Morgan fingerprint density at radius 2 is 1.90 bits per heavy atom. The highest BCUT2D eigenvalue weighted by molar-refractivity contribution is 5.49. The molecule has 2 rings (SSSR count). The first kappa shape index (κ1) is 15.1. The summed E-state index contributed by atoms with van der Waals surface area (Å²) in [5, 5.41) is 0. The molecule has 112 valence electrons. The van der Waals surface area contributed by atoms with Gasteiger partial charge in [0.2, 0.25) is 0 Å². The number of anilines is 2. The number of alkyl halides is 3. The lowest BCUT2D eigenvalue weighted by Crippen LogP contribution is -2.20. The molecule has 21 heavy (non-hydrogen) atoms. The molecule has 0 aliphatic carbocycles. The van der Waals surface area contributed by atoms with Crippen molar-refractivity contribution in [2.75, 3.05) is 17.7 Å². The first-order chi connectivity index (χ1) is 9.75. The molecule has 0 aliphatic heterocycles. The standard InChI is InChI=1S/C14H15F3N4/c1-9-4-3-5-11(19-9)8-21(2)13-7-10(14(15,16)17)6-12(18)20-13/h3-7H,8H2,1-2H3,(H2,18,20). The number of halogens is 3. The summed E-state index contributed by atoms with van der Waals surface area (Å²) < 4.78 is 38.3. The third-order valence-corrected chi connectivity index (χ3v) is 2.90. The molecule has 2 heterocycles. The van der Waals surface area contributed by atoms with E-state index in [0.717, 1.165) is 23.5 Å². The van der Waals surface area contributed by atoms with Crippen LogP contribution in [0.1, 0.15) is 17.0 Å². The van der Waals surface area contributed by atoms with Gasteiger partial charge in [-0.25, -0.2) is 4.98 Å². The number of aromatic nitrogens is 2. The Kier molecular flexibility index (Phi) is 4.02. The van der Waals surface area contributed by atoms with Crippen LogP contribution in [0.15, 0.2) is 30.3 Å². The van der Waals surface area contributed by atoms with Gasteiger partial charge in [0, 0.05) is 12.7 Å². The molecule has 0 bridgehead atoms. The zero-order valence-corrected chi connectivity index (χ0v) is 11.6. The topological polar surface area (TPSA) is 55.0 Å². The Morgan fingerprint density at radius 1 is 1.19 bits per heavy atom. The molecule has 0 aromatic carbocycles. The lowest BCUT2D eigenvalue weighted by Gasteiger charge is -2.19. The van der Waals surface area contributed by atoms with E-state index in [-0.39, 0.29) is 11.6 Å². The van der Waals surface area contributed by atoms with E-state index < -0.39 is 11.7 Å². The largest absolute Gasteiger partial charge is 0.416 e. The Labute approximate surface area is 120 Å². The van der Waals surface area contributed by atoms with Crippen LogP contribution in [0.25, 0.3) is 0 Å². The third kappa shape index (κ3) is 3.84. The van der Waals surface area contributed by atoms with Crippen LogP contribution in [0.2, 0.25) is 0 Å². The third-order valence-electron chi connectivity index (χ3n) is 2.90. The maximum atomic E-state index is 12.8. The molecule has 7 heteroatoms. The van der Waals surface area contributed by atoms with Gasteiger partial charge in [-0.1, -0.05) is 6.07 Å². The fourth-order valence-corrected chi connectivity index (χ4v) is 1.91. The molecule has 0 atom stereocenters. The van der Waals surface area contributed by atoms with E-state index >= 15 is 0 Å². The van der Waals surface area contributed by atoms with Crippen molar-refractivity contribution in [2.24, 2.45) is 0 Å². The van der Waals surface area contributed by atoms with Gasteiger partial charge in [0.25, 0.3) is 0 Å². The van der Waals surface area contributed by atoms with Crippen molar-refractivity contribution in [2.45, 2.75) is 19.6 Å². The van der Waals surface area contributed by atoms with Gasteiger partial charge in [-0.15, -0.1) is 0 Å². The number of aryl methyl sites for hydroxylation is 1. The van der Waals surface area contributed by atoms with Crippen molar-refractivity contribution in [3.05, 3.63) is 47.3 Å². The first-order valence-electron chi connectivity index (χ1n) is 6.24. The van der Waals surface area contributed by atoms with Crippen LogP contribution in [0, 0.1) is 6.92 Å². The Bertz CT molecular complexity index is 640. The zero-order chi connectivity index (χ0) is 15.6. The molecule has 0 radical (unpaired) electrons. The second-order valence-corrected chi connectivity index (χ2v) is 4.76. The van der Waals surface area contributed by atoms with E-state index in [1.54, 1.807) is 18.0 Å². The average molecular weight is 296 g/mol. The summed E-state index contributed by atoms with van der Waals surface area (Å²) in [6.45, 7) is 2.19. The fourth-order valence-electron chi connectivity index (χ4n) is 1.91. The van der Waals surface area contributed by atoms with Crippen LogP contribution >= 0.6 is 0 Å². The second-order valence-electron chi connectivity index (χ2n) is 4.76. The summed E-state index contributed by atoms with van der Waals surface area (Å²) in [4.78, 5) is 9.83. The number of hydrogen-bond acceptors (Lipinski definition) is 4. The quantitative estimate of drug-likeness (QED) is 0.946. The highest BCUT2D eigenvalue weighted by Crippen LogP contribution is 2.32. The molecule has 2 aromatic rings. The van der Waals surface area contributed by atoms with Gasteiger partial charge >= 0.3 is 6.18 Å². The monoisotopic (exact) mass is 296 g/mol. The minimum absolute atomic E-state index is 0.158. The summed E-state index contributed by atoms with van der Waals surface area (Å²) in [7, 11) is 1.64. The van der Waals surface area contributed by atoms with Crippen LogP contribution in [0.4, 0.5) is 24.8 Å². The van der Waals surface area contributed by atoms with E-state index in [2.05, 4.69) is 9.97 Å². The molecule has 0 aliphatic rings. The number of hydrogen-bond donors (Lipinski definition) is 1. The molecule has 0 unspecified atom stereocenters. The number of nitrogens with two attached hydrogens (primary N) is 1. The number of nitrogen functional groups attached to an aromatic ring is 1. The Balaban J connectivity index is 2.27. The molecule has 2 N–H and O–H groups in total. The number of rotatable bonds is 3. The smallest absolute Gasteiger partial charge is 0.384 e. The first-order valence-corrected chi connectivity index (χ1v) is 6.24. The average Bonchev–Trinajstić information content (AvgIpc) is 2.37. The van der Waals surface area contributed by atoms with Gasteiger partial charge in [0.05, 0.1) is 17.8 Å². The van der Waals surface area contributed by atoms with Crippen LogP contribution in [0.5, 0.6) is 0 Å². The Hall–Kier alpha value is -2.31. The maximum absolute atomic E-state index is 12.8. The summed E-state index contributed by atoms with van der Waals surface area (Å²) in [5.41, 5.74) is 6.24. The molecule has 4 nitrogen and oxygen atoms in total. The molecular weight excluding hydrogens is 281 g/mol. The second kappa shape index (κ2) is 5.59. The predicted octanol–water partition coefficient (Wildman–Crippen LogP) is 3.02. The molecule has 0 saturated heterocycles. The van der Waals surface area contributed by atoms with Crippen molar-refractivity contribution >= 4 is 11.6 Å². The predicted molar refractivity (Wildman–Crippen MR) is 74.7 cm³/mol. The van der Waals surface area contributed by atoms with Crippen molar-refractivity contribution in [3.8, 4) is 0 Å². The van der Waals surface area contributed by atoms with Crippen LogP contribution in [-0.4, -0.2) is 17.0 Å². The van der Waals surface area contributed by atoms with Crippen LogP contribution < -0.4 is 10.6 Å². The van der Waals surface area contributed by atoms with Crippen molar-refractivity contribution in [1.82, 2.24) is 9.97 Å². The Morgan fingerprint density at radius 3 is 2.52 bits per heavy atom. The molecule has 0 saturated carbocycles. The van der Waals surface area contributed by atoms with Gasteiger partial charge in [0.1, 0.15) is 11.6 Å². The van der Waals surface area contributed by atoms with Gasteiger partial charge < -0.3 is 10.6 Å². The lowest BCUT2D eigenvalue weighted by atomic mass is 10.2. The van der Waals surface area contributed by atoms with E-state index in [1.807, 2.05) is 19.1 Å². The molecule has 0 amide bonds. The highest BCUT2D eigenvalue weighted by Gasteiger charge is 2.31. The van der Waals surface area contributed by atoms with Gasteiger partial charge in [0.15, 0.2) is 0 Å². The SMILES string of the molecule is Cc1cccc(CN(C)c2cc(C(F)(F)F)cc(N)n2)n1. The number of nitrogens with zero attached hydrogens (tertiary/aromatic N) is 3. The highest BCUT2D eigenvalue weighted by atomic mass is 19.4. The van der Waals surface area contributed by atoms with Crippen molar-refractivity contribution < 1.29 is 13.2 Å². The van der Waals surface area contributed by atoms with E-state index in [0.29, 0.717) is 6.54 Å². The maximum Gasteiger partial charge on any atom is 0.416 e. The minimum atomic E-state index is -4.45. The summed E-state index contributed by atoms with van der Waals surface area (Å²) in [6.07, 6.45) is -4.45. The molecule has 0 fully saturated rings. The normalized spacial score (nSPS) is 11.5. The summed E-state index contributed by atoms with van der Waals surface area (Å²) in [5.74, 6) is -0.00509. The van der Waals surface area contributed by atoms with Gasteiger partial charge in [-0.2, -0.15) is 13.2 Å². The van der Waals surface area contributed by atoms with E-state index in [1.165, 1.54) is 0 Å². The number of pyridine rings is 2. The molecular formula is C14H15F3N4.